The number of nitrogens with zero attached hydrogens (tertiary/aromatic N) is 2. The maximum absolute atomic E-state index is 11.9. The van der Waals surface area contributed by atoms with Crippen LogP contribution in [-0.4, -0.2) is 28.3 Å². The minimum atomic E-state index is 0.0422. The second kappa shape index (κ2) is 10.4. The number of carbonyl (C=O) groups is 1. The summed E-state index contributed by atoms with van der Waals surface area (Å²) in [5, 5.41) is 11.0. The molecule has 2 N–H and O–H groups in total. The summed E-state index contributed by atoms with van der Waals surface area (Å²) in [6, 6.07) is 17.8. The summed E-state index contributed by atoms with van der Waals surface area (Å²) < 4.78 is 9.07. The molecule has 2 aromatic carbocycles. The zero-order valence-electron chi connectivity index (χ0n) is 17.5. The van der Waals surface area contributed by atoms with Crippen molar-refractivity contribution >= 4 is 21.8 Å². The fourth-order valence-corrected chi connectivity index (χ4v) is 3.28. The summed E-state index contributed by atoms with van der Waals surface area (Å²) >= 11 is 3.45. The number of rotatable bonds is 9. The van der Waals surface area contributed by atoms with Gasteiger partial charge in [0.1, 0.15) is 5.75 Å². The number of carbonyl (C=O) groups excluding carboxylic acids is 1. The van der Waals surface area contributed by atoms with E-state index in [1.165, 1.54) is 0 Å². The lowest BCUT2D eigenvalue weighted by atomic mass is 10.2. The monoisotopic (exact) mass is 470 g/mol. The van der Waals surface area contributed by atoms with E-state index in [-0.39, 0.29) is 11.9 Å². The standard InChI is InChI=1S/C23H27BrN4O2/c1-16(2)26-22(29)13-14-25-15-21-17(3)27-28(19-7-5-4-6-8-19)23(21)30-20-11-9-18(24)10-12-20/h4-12,16,25H,13-15H2,1-3H3,(H,26,29). The molecule has 0 unspecified atom stereocenters. The average Bonchev–Trinajstić information content (AvgIpc) is 3.02. The second-order valence-electron chi connectivity index (χ2n) is 7.32. The Kier molecular flexibility index (Phi) is 7.65. The first-order chi connectivity index (χ1) is 14.4. The molecule has 3 rings (SSSR count). The van der Waals surface area contributed by atoms with Gasteiger partial charge in [0, 0.05) is 30.0 Å². The number of aromatic nitrogens is 2. The van der Waals surface area contributed by atoms with E-state index < -0.39 is 0 Å². The van der Waals surface area contributed by atoms with Gasteiger partial charge in [0.25, 0.3) is 0 Å². The van der Waals surface area contributed by atoms with Crippen LogP contribution in [0.2, 0.25) is 0 Å². The maximum atomic E-state index is 11.9. The van der Waals surface area contributed by atoms with Gasteiger partial charge in [-0.1, -0.05) is 34.1 Å². The molecule has 6 nitrogen and oxygen atoms in total. The predicted molar refractivity (Wildman–Crippen MR) is 122 cm³/mol. The normalized spacial score (nSPS) is 11.0. The number of amides is 1. The van der Waals surface area contributed by atoms with Gasteiger partial charge in [-0.15, -0.1) is 0 Å². The highest BCUT2D eigenvalue weighted by atomic mass is 79.9. The summed E-state index contributed by atoms with van der Waals surface area (Å²) in [7, 11) is 0. The maximum Gasteiger partial charge on any atom is 0.227 e. The predicted octanol–water partition coefficient (Wildman–Crippen LogP) is 4.74. The number of ether oxygens (including phenoxy) is 1. The molecule has 1 amide bonds. The quantitative estimate of drug-likeness (QED) is 0.443. The van der Waals surface area contributed by atoms with Gasteiger partial charge < -0.3 is 15.4 Å². The first-order valence-electron chi connectivity index (χ1n) is 10.0. The summed E-state index contributed by atoms with van der Waals surface area (Å²) in [5.41, 5.74) is 2.77. The lowest BCUT2D eigenvalue weighted by Crippen LogP contribution is -2.32. The zero-order valence-corrected chi connectivity index (χ0v) is 19.1. The Bertz CT molecular complexity index is 969. The molecule has 3 aromatic rings. The fourth-order valence-electron chi connectivity index (χ4n) is 3.01. The van der Waals surface area contributed by atoms with E-state index in [0.29, 0.717) is 25.4 Å². The van der Waals surface area contributed by atoms with Gasteiger partial charge in [-0.2, -0.15) is 5.10 Å². The van der Waals surface area contributed by atoms with Crippen LogP contribution in [0.15, 0.2) is 59.1 Å². The Morgan fingerprint density at radius 2 is 1.83 bits per heavy atom. The molecule has 1 heterocycles. The lowest BCUT2D eigenvalue weighted by molar-refractivity contribution is -0.121. The number of benzene rings is 2. The molecule has 0 saturated carbocycles. The number of hydrogen-bond acceptors (Lipinski definition) is 4. The molecule has 0 saturated heterocycles. The molecule has 0 atom stereocenters. The van der Waals surface area contributed by atoms with Crippen molar-refractivity contribution in [2.75, 3.05) is 6.54 Å². The highest BCUT2D eigenvalue weighted by Gasteiger charge is 2.19. The summed E-state index contributed by atoms with van der Waals surface area (Å²) in [6.07, 6.45) is 0.424. The van der Waals surface area contributed by atoms with E-state index in [0.717, 1.165) is 27.2 Å². The van der Waals surface area contributed by atoms with Crippen LogP contribution in [0.5, 0.6) is 11.6 Å². The van der Waals surface area contributed by atoms with Gasteiger partial charge in [-0.05, 0) is 57.2 Å². The zero-order chi connectivity index (χ0) is 21.5. The molecule has 1 aromatic heterocycles. The number of hydrogen-bond donors (Lipinski definition) is 2. The topological polar surface area (TPSA) is 68.2 Å². The van der Waals surface area contributed by atoms with Crippen molar-refractivity contribution < 1.29 is 9.53 Å². The van der Waals surface area contributed by atoms with E-state index in [1.807, 2.05) is 80.1 Å². The van der Waals surface area contributed by atoms with Crippen LogP contribution in [0.3, 0.4) is 0 Å². The van der Waals surface area contributed by atoms with Gasteiger partial charge in [-0.3, -0.25) is 4.79 Å². The van der Waals surface area contributed by atoms with Crippen molar-refractivity contribution in [3.63, 3.8) is 0 Å². The van der Waals surface area contributed by atoms with Crippen molar-refractivity contribution in [3.8, 4) is 17.3 Å². The van der Waals surface area contributed by atoms with Crippen LogP contribution in [0, 0.1) is 6.92 Å². The van der Waals surface area contributed by atoms with Crippen molar-refractivity contribution in [1.82, 2.24) is 20.4 Å². The molecule has 0 radical (unpaired) electrons. The number of para-hydroxylation sites is 1. The molecular formula is C23H27BrN4O2. The lowest BCUT2D eigenvalue weighted by Gasteiger charge is -2.12. The van der Waals surface area contributed by atoms with Crippen molar-refractivity contribution in [2.24, 2.45) is 0 Å². The SMILES string of the molecule is Cc1nn(-c2ccccc2)c(Oc2ccc(Br)cc2)c1CNCCC(=O)NC(C)C. The first-order valence-corrected chi connectivity index (χ1v) is 10.8. The van der Waals surface area contributed by atoms with Crippen LogP contribution in [0.1, 0.15) is 31.5 Å². The molecule has 0 aliphatic rings. The van der Waals surface area contributed by atoms with Gasteiger partial charge in [0.15, 0.2) is 0 Å². The van der Waals surface area contributed by atoms with Crippen molar-refractivity contribution in [3.05, 3.63) is 70.3 Å². The van der Waals surface area contributed by atoms with Crippen LogP contribution >= 0.6 is 15.9 Å². The van der Waals surface area contributed by atoms with Crippen molar-refractivity contribution in [1.29, 1.82) is 0 Å². The summed E-state index contributed by atoms with van der Waals surface area (Å²) in [5.74, 6) is 1.44. The summed E-state index contributed by atoms with van der Waals surface area (Å²) in [4.78, 5) is 11.9. The molecule has 30 heavy (non-hydrogen) atoms. The van der Waals surface area contributed by atoms with E-state index in [1.54, 1.807) is 0 Å². The van der Waals surface area contributed by atoms with Gasteiger partial charge in [-0.25, -0.2) is 4.68 Å². The molecule has 0 aliphatic carbocycles. The van der Waals surface area contributed by atoms with Crippen LogP contribution in [-0.2, 0) is 11.3 Å². The fraction of sp³-hybridized carbons (Fsp3) is 0.304. The molecule has 158 valence electrons. The van der Waals surface area contributed by atoms with Crippen LogP contribution < -0.4 is 15.4 Å². The molecule has 7 heteroatoms. The van der Waals surface area contributed by atoms with Gasteiger partial charge in [0.2, 0.25) is 11.8 Å². The Morgan fingerprint density at radius 3 is 2.50 bits per heavy atom. The first kappa shape index (κ1) is 22.1. The van der Waals surface area contributed by atoms with E-state index >= 15 is 0 Å². The Balaban J connectivity index is 1.80. The van der Waals surface area contributed by atoms with Gasteiger partial charge in [0.05, 0.1) is 16.9 Å². The third-order valence-electron chi connectivity index (χ3n) is 4.45. The van der Waals surface area contributed by atoms with Crippen LogP contribution in [0.25, 0.3) is 5.69 Å². The third-order valence-corrected chi connectivity index (χ3v) is 4.98. The Morgan fingerprint density at radius 1 is 1.13 bits per heavy atom. The van der Waals surface area contributed by atoms with E-state index in [4.69, 9.17) is 9.84 Å². The number of halogens is 1. The highest BCUT2D eigenvalue weighted by Crippen LogP contribution is 2.31. The summed E-state index contributed by atoms with van der Waals surface area (Å²) in [6.45, 7) is 7.01. The third kappa shape index (κ3) is 5.93. The van der Waals surface area contributed by atoms with Crippen molar-refractivity contribution in [2.45, 2.75) is 39.8 Å². The molecule has 0 fully saturated rings. The van der Waals surface area contributed by atoms with Crippen LogP contribution in [0.4, 0.5) is 0 Å². The largest absolute Gasteiger partial charge is 0.439 e. The number of aryl methyl sites for hydroxylation is 1. The number of nitrogens with one attached hydrogen (secondary N) is 2. The molecule has 0 aliphatic heterocycles. The van der Waals surface area contributed by atoms with E-state index in [9.17, 15) is 4.79 Å². The Hall–Kier alpha value is -2.64. The highest BCUT2D eigenvalue weighted by molar-refractivity contribution is 9.10. The van der Waals surface area contributed by atoms with Gasteiger partial charge >= 0.3 is 0 Å². The second-order valence-corrected chi connectivity index (χ2v) is 8.24. The molecule has 0 bridgehead atoms. The average molecular weight is 471 g/mol. The minimum Gasteiger partial charge on any atom is -0.439 e. The molecule has 0 spiro atoms. The smallest absolute Gasteiger partial charge is 0.227 e. The van der Waals surface area contributed by atoms with E-state index in [2.05, 4.69) is 26.6 Å². The minimum absolute atomic E-state index is 0.0422. The molecular weight excluding hydrogens is 444 g/mol. The Labute approximate surface area is 185 Å².